The third kappa shape index (κ3) is 4.27. The van der Waals surface area contributed by atoms with Crippen molar-refractivity contribution in [2.75, 3.05) is 13.2 Å². The van der Waals surface area contributed by atoms with E-state index in [0.29, 0.717) is 0 Å². The Morgan fingerprint density at radius 2 is 2.14 bits per heavy atom. The summed E-state index contributed by atoms with van der Waals surface area (Å²) in [4.78, 5) is 24.7. The van der Waals surface area contributed by atoms with Crippen molar-refractivity contribution in [2.24, 2.45) is 0 Å². The van der Waals surface area contributed by atoms with E-state index < -0.39 is 5.69 Å². The van der Waals surface area contributed by atoms with Gasteiger partial charge in [-0.2, -0.15) is 0 Å². The van der Waals surface area contributed by atoms with Crippen LogP contribution in [0.25, 0.3) is 0 Å². The molecule has 1 aromatic heterocycles. The van der Waals surface area contributed by atoms with E-state index in [4.69, 9.17) is 0 Å². The number of H-pyrrole nitrogens is 2. The number of hydrogen-bond acceptors (Lipinski definition) is 4. The van der Waals surface area contributed by atoms with Gasteiger partial charge in [-0.05, 0) is 6.20 Å². The van der Waals surface area contributed by atoms with Gasteiger partial charge in [0.15, 0.2) is 0 Å². The quantitative estimate of drug-likeness (QED) is 0.416. The van der Waals surface area contributed by atoms with Crippen molar-refractivity contribution in [3.63, 3.8) is 0 Å². The van der Waals surface area contributed by atoms with Gasteiger partial charge in [0.1, 0.15) is 0 Å². The first kappa shape index (κ1) is 10.3. The Labute approximate surface area is 80.1 Å². The summed E-state index contributed by atoms with van der Waals surface area (Å²) in [5.74, 6) is 0. The average Bonchev–Trinajstić information content (AvgIpc) is 2.21. The molecule has 6 nitrogen and oxygen atoms in total. The molecule has 2 heterocycles. The molecule has 1 aromatic rings. The molecular weight excluding hydrogens is 184 g/mol. The van der Waals surface area contributed by atoms with Gasteiger partial charge in [-0.1, -0.05) is 6.08 Å². The maximum atomic E-state index is 10.2. The second-order valence-corrected chi connectivity index (χ2v) is 2.53. The van der Waals surface area contributed by atoms with Crippen molar-refractivity contribution in [3.05, 3.63) is 45.4 Å². The SMILES string of the molecule is C1=CNCNC1.O=c1cc[nH]c(=O)[nH]1. The molecule has 0 radical (unpaired) electrons. The van der Waals surface area contributed by atoms with Crippen LogP contribution >= 0.6 is 0 Å². The molecule has 0 fully saturated rings. The van der Waals surface area contributed by atoms with E-state index in [2.05, 4.69) is 15.6 Å². The summed E-state index contributed by atoms with van der Waals surface area (Å²) in [7, 11) is 0. The van der Waals surface area contributed by atoms with Gasteiger partial charge in [-0.3, -0.25) is 15.1 Å². The predicted octanol–water partition coefficient (Wildman–Crippen LogP) is -1.29. The highest BCUT2D eigenvalue weighted by Gasteiger charge is 1.81. The monoisotopic (exact) mass is 196 g/mol. The number of rotatable bonds is 0. The van der Waals surface area contributed by atoms with E-state index in [1.807, 2.05) is 17.3 Å². The second kappa shape index (κ2) is 5.76. The summed E-state index contributed by atoms with van der Waals surface area (Å²) in [5, 5.41) is 6.08. The first-order valence-corrected chi connectivity index (χ1v) is 4.16. The van der Waals surface area contributed by atoms with Crippen molar-refractivity contribution in [1.82, 2.24) is 20.6 Å². The first-order valence-electron chi connectivity index (χ1n) is 4.16. The van der Waals surface area contributed by atoms with Crippen molar-refractivity contribution in [3.8, 4) is 0 Å². The largest absolute Gasteiger partial charge is 0.379 e. The molecule has 4 N–H and O–H groups in total. The van der Waals surface area contributed by atoms with Gasteiger partial charge in [-0.15, -0.1) is 0 Å². The molecule has 0 spiro atoms. The lowest BCUT2D eigenvalue weighted by atomic mass is 10.5. The molecule has 76 valence electrons. The molecule has 1 aliphatic heterocycles. The minimum Gasteiger partial charge on any atom is -0.379 e. The topological polar surface area (TPSA) is 89.8 Å². The van der Waals surface area contributed by atoms with Crippen LogP contribution in [-0.2, 0) is 0 Å². The van der Waals surface area contributed by atoms with E-state index in [1.54, 1.807) is 0 Å². The van der Waals surface area contributed by atoms with E-state index >= 15 is 0 Å². The molecule has 0 unspecified atom stereocenters. The highest BCUT2D eigenvalue weighted by Crippen LogP contribution is 1.68. The highest BCUT2D eigenvalue weighted by atomic mass is 16.2. The van der Waals surface area contributed by atoms with Gasteiger partial charge < -0.3 is 10.3 Å². The van der Waals surface area contributed by atoms with E-state index in [0.717, 1.165) is 13.2 Å². The lowest BCUT2D eigenvalue weighted by Crippen LogP contribution is -2.29. The van der Waals surface area contributed by atoms with Crippen molar-refractivity contribution >= 4 is 0 Å². The Morgan fingerprint density at radius 3 is 2.43 bits per heavy atom. The highest BCUT2D eigenvalue weighted by molar-refractivity contribution is 4.84. The standard InChI is InChI=1S/C4H4N2O2.C4H8N2/c7-3-1-2-5-4(8)6-3;1-2-5-4-6-3-1/h1-2H,(H2,5,6,7,8);1-2,5-6H,3-4H2. The molecule has 0 atom stereocenters. The van der Waals surface area contributed by atoms with E-state index in [9.17, 15) is 9.59 Å². The second-order valence-electron chi connectivity index (χ2n) is 2.53. The van der Waals surface area contributed by atoms with Crippen LogP contribution < -0.4 is 21.9 Å². The van der Waals surface area contributed by atoms with Gasteiger partial charge in [0.2, 0.25) is 0 Å². The Balaban J connectivity index is 0.000000146. The van der Waals surface area contributed by atoms with Crippen molar-refractivity contribution < 1.29 is 0 Å². The van der Waals surface area contributed by atoms with Crippen LogP contribution in [-0.4, -0.2) is 23.2 Å². The summed E-state index contributed by atoms with van der Waals surface area (Å²) in [6.45, 7) is 1.92. The fraction of sp³-hybridized carbons (Fsp3) is 0.250. The Morgan fingerprint density at radius 1 is 1.29 bits per heavy atom. The molecule has 14 heavy (non-hydrogen) atoms. The Kier molecular flexibility index (Phi) is 4.22. The summed E-state index contributed by atoms with van der Waals surface area (Å²) >= 11 is 0. The molecular formula is C8H12N4O2. The molecule has 0 amide bonds. The molecule has 0 aliphatic carbocycles. The Hall–Kier alpha value is -1.82. The normalized spacial score (nSPS) is 13.7. The number of nitrogens with one attached hydrogen (secondary N) is 4. The molecule has 6 heteroatoms. The zero-order chi connectivity index (χ0) is 10.2. The fourth-order valence-corrected chi connectivity index (χ4v) is 0.812. The Bertz CT molecular complexity index is 359. The van der Waals surface area contributed by atoms with Crippen LogP contribution in [0.4, 0.5) is 0 Å². The van der Waals surface area contributed by atoms with Crippen molar-refractivity contribution in [1.29, 1.82) is 0 Å². The van der Waals surface area contributed by atoms with Crippen LogP contribution in [0.1, 0.15) is 0 Å². The van der Waals surface area contributed by atoms with Crippen molar-refractivity contribution in [2.45, 2.75) is 0 Å². The maximum absolute atomic E-state index is 10.2. The van der Waals surface area contributed by atoms with E-state index in [1.165, 1.54) is 12.3 Å². The maximum Gasteiger partial charge on any atom is 0.325 e. The van der Waals surface area contributed by atoms with Crippen LogP contribution in [0.3, 0.4) is 0 Å². The molecule has 2 rings (SSSR count). The van der Waals surface area contributed by atoms with Crippen LogP contribution in [0.5, 0.6) is 0 Å². The van der Waals surface area contributed by atoms with Crippen LogP contribution in [0.2, 0.25) is 0 Å². The van der Waals surface area contributed by atoms with Gasteiger partial charge >= 0.3 is 5.69 Å². The summed E-state index contributed by atoms with van der Waals surface area (Å²) in [6.07, 6.45) is 5.29. The first-order chi connectivity index (χ1) is 6.79. The van der Waals surface area contributed by atoms with E-state index in [-0.39, 0.29) is 5.56 Å². The van der Waals surface area contributed by atoms with Crippen LogP contribution in [0.15, 0.2) is 34.1 Å². The number of aromatic amines is 2. The predicted molar refractivity (Wildman–Crippen MR) is 52.8 cm³/mol. The minimum absolute atomic E-state index is 0.381. The molecule has 0 saturated heterocycles. The molecule has 1 aliphatic rings. The summed E-state index contributed by atoms with van der Waals surface area (Å²) in [6, 6.07) is 1.24. The smallest absolute Gasteiger partial charge is 0.325 e. The lowest BCUT2D eigenvalue weighted by molar-refractivity contribution is 0.669. The molecule has 0 bridgehead atoms. The third-order valence-electron chi connectivity index (χ3n) is 1.41. The average molecular weight is 196 g/mol. The van der Waals surface area contributed by atoms with Gasteiger partial charge in [0.05, 0.1) is 6.67 Å². The van der Waals surface area contributed by atoms with Gasteiger partial charge in [0, 0.05) is 18.8 Å². The number of aromatic nitrogens is 2. The molecule has 0 saturated carbocycles. The molecule has 0 aromatic carbocycles. The minimum atomic E-state index is -0.475. The zero-order valence-electron chi connectivity index (χ0n) is 7.54. The van der Waals surface area contributed by atoms with Crippen LogP contribution in [0, 0.1) is 0 Å². The third-order valence-corrected chi connectivity index (χ3v) is 1.41. The summed E-state index contributed by atoms with van der Waals surface area (Å²) in [5.41, 5.74) is -0.855. The van der Waals surface area contributed by atoms with Gasteiger partial charge in [0.25, 0.3) is 5.56 Å². The lowest BCUT2D eigenvalue weighted by Gasteiger charge is -2.05. The summed E-state index contributed by atoms with van der Waals surface area (Å²) < 4.78 is 0. The fourth-order valence-electron chi connectivity index (χ4n) is 0.812. The number of hydrogen-bond donors (Lipinski definition) is 4. The zero-order valence-corrected chi connectivity index (χ0v) is 7.54. The van der Waals surface area contributed by atoms with Gasteiger partial charge in [-0.25, -0.2) is 4.79 Å².